The zero-order valence-electron chi connectivity index (χ0n) is 15.2. The quantitative estimate of drug-likeness (QED) is 0.242. The summed E-state index contributed by atoms with van der Waals surface area (Å²) in [6, 6.07) is 0. The van der Waals surface area contributed by atoms with Crippen LogP contribution >= 0.6 is 0 Å². The van der Waals surface area contributed by atoms with Gasteiger partial charge in [0.05, 0.1) is 0 Å². The van der Waals surface area contributed by atoms with E-state index in [1.807, 2.05) is 13.8 Å². The Balaban J connectivity index is 3.61. The number of rotatable bonds is 15. The van der Waals surface area contributed by atoms with Gasteiger partial charge in [0.1, 0.15) is 0 Å². The second-order valence-electron chi connectivity index (χ2n) is 7.37. The van der Waals surface area contributed by atoms with Crippen molar-refractivity contribution in [1.82, 2.24) is 0 Å². The summed E-state index contributed by atoms with van der Waals surface area (Å²) < 4.78 is 0. The molecule has 0 atom stereocenters. The second kappa shape index (κ2) is 11.7. The first kappa shape index (κ1) is 21.2. The Hall–Kier alpha value is -0.800. The Morgan fingerprint density at radius 3 is 1.36 bits per heavy atom. The molecule has 0 aromatic rings. The van der Waals surface area contributed by atoms with Crippen LogP contribution < -0.4 is 0 Å². The van der Waals surface area contributed by atoms with Crippen LogP contribution in [0.25, 0.3) is 0 Å². The van der Waals surface area contributed by atoms with E-state index in [-0.39, 0.29) is 0 Å². The number of unbranched alkanes of at least 4 members (excludes halogenated alkanes) is 10. The molecule has 0 aliphatic heterocycles. The molecule has 0 saturated carbocycles. The zero-order valence-corrected chi connectivity index (χ0v) is 15.2. The van der Waals surface area contributed by atoms with Gasteiger partial charge in [-0.25, -0.2) is 0 Å². The van der Waals surface area contributed by atoms with Gasteiger partial charge in [-0.05, 0) is 23.7 Å². The van der Waals surface area contributed by atoms with Crippen LogP contribution in [0.5, 0.6) is 0 Å². The van der Waals surface area contributed by atoms with E-state index in [0.29, 0.717) is 0 Å². The molecule has 0 aliphatic rings. The van der Waals surface area contributed by atoms with Crippen molar-refractivity contribution < 1.29 is 0 Å². The van der Waals surface area contributed by atoms with Crippen LogP contribution in [-0.4, -0.2) is 5.66 Å². The lowest BCUT2D eigenvalue weighted by Gasteiger charge is -2.32. The van der Waals surface area contributed by atoms with Crippen molar-refractivity contribution in [2.24, 2.45) is 15.8 Å². The Morgan fingerprint density at radius 2 is 1.00 bits per heavy atom. The van der Waals surface area contributed by atoms with Gasteiger partial charge in [-0.3, -0.25) is 0 Å². The standard InChI is InChI=1S/C18H36N2O2/c1-5-6-7-8-9-10-11-12-13-14-15-16-17(2,3)18(4,19-21)20-22/h5-16H2,1-4H3. The third-order valence-corrected chi connectivity index (χ3v) is 5.04. The minimum absolute atomic E-state index is 0.463. The largest absolute Gasteiger partial charge is 0.234 e. The molecule has 130 valence electrons. The molecular weight excluding hydrogens is 276 g/mol. The fourth-order valence-corrected chi connectivity index (χ4v) is 2.73. The lowest BCUT2D eigenvalue weighted by molar-refractivity contribution is 0.169. The van der Waals surface area contributed by atoms with Crippen molar-refractivity contribution in [2.75, 3.05) is 0 Å². The van der Waals surface area contributed by atoms with Crippen molar-refractivity contribution in [2.45, 2.75) is 110 Å². The average molecular weight is 312 g/mol. The molecule has 0 radical (unpaired) electrons. The topological polar surface area (TPSA) is 58.9 Å². The Bertz CT molecular complexity index is 295. The molecule has 0 unspecified atom stereocenters. The number of hydrogen-bond acceptors (Lipinski definition) is 4. The van der Waals surface area contributed by atoms with Crippen LogP contribution in [0.1, 0.15) is 105 Å². The Morgan fingerprint density at radius 1 is 0.636 bits per heavy atom. The molecule has 0 amide bonds. The molecule has 0 bridgehead atoms. The van der Waals surface area contributed by atoms with Gasteiger partial charge in [0, 0.05) is 5.41 Å². The van der Waals surface area contributed by atoms with E-state index in [1.165, 1.54) is 64.7 Å². The summed E-state index contributed by atoms with van der Waals surface area (Å²) in [6.45, 7) is 7.60. The van der Waals surface area contributed by atoms with Crippen molar-refractivity contribution in [3.05, 3.63) is 9.81 Å². The SMILES string of the molecule is CCCCCCCCCCCCCC(C)(C)C(C)(N=O)N=O. The van der Waals surface area contributed by atoms with Gasteiger partial charge in [0.25, 0.3) is 0 Å². The molecule has 0 aromatic carbocycles. The van der Waals surface area contributed by atoms with E-state index in [4.69, 9.17) is 0 Å². The zero-order chi connectivity index (χ0) is 16.9. The van der Waals surface area contributed by atoms with E-state index in [9.17, 15) is 9.81 Å². The molecule has 0 aromatic heterocycles. The highest BCUT2D eigenvalue weighted by Crippen LogP contribution is 2.39. The van der Waals surface area contributed by atoms with E-state index in [2.05, 4.69) is 17.3 Å². The number of hydrogen-bond donors (Lipinski definition) is 0. The lowest BCUT2D eigenvalue weighted by atomic mass is 9.76. The van der Waals surface area contributed by atoms with Gasteiger partial charge >= 0.3 is 0 Å². The molecule has 0 heterocycles. The average Bonchev–Trinajstić information content (AvgIpc) is 2.51. The third-order valence-electron chi connectivity index (χ3n) is 5.04. The summed E-state index contributed by atoms with van der Waals surface area (Å²) in [5.74, 6) is 0. The first-order valence-electron chi connectivity index (χ1n) is 9.12. The molecule has 4 heteroatoms. The van der Waals surface area contributed by atoms with E-state index < -0.39 is 11.1 Å². The predicted octanol–water partition coefficient (Wildman–Crippen LogP) is 6.96. The van der Waals surface area contributed by atoms with Crippen molar-refractivity contribution >= 4 is 0 Å². The predicted molar refractivity (Wildman–Crippen MR) is 94.9 cm³/mol. The third kappa shape index (κ3) is 8.00. The molecule has 0 N–H and O–H groups in total. The smallest absolute Gasteiger partial charge is 0.148 e. The molecule has 4 nitrogen and oxygen atoms in total. The van der Waals surface area contributed by atoms with Crippen molar-refractivity contribution in [1.29, 1.82) is 0 Å². The Labute approximate surface area is 136 Å². The van der Waals surface area contributed by atoms with Crippen LogP contribution in [0.4, 0.5) is 0 Å². The van der Waals surface area contributed by atoms with Gasteiger partial charge in [-0.15, -0.1) is 9.81 Å². The highest BCUT2D eigenvalue weighted by atomic mass is 16.3. The van der Waals surface area contributed by atoms with Gasteiger partial charge < -0.3 is 0 Å². The van der Waals surface area contributed by atoms with Crippen LogP contribution in [0.2, 0.25) is 0 Å². The molecule has 0 saturated heterocycles. The summed E-state index contributed by atoms with van der Waals surface area (Å²) in [5, 5.41) is 5.90. The fourth-order valence-electron chi connectivity index (χ4n) is 2.73. The first-order valence-corrected chi connectivity index (χ1v) is 9.12. The maximum absolute atomic E-state index is 10.9. The summed E-state index contributed by atoms with van der Waals surface area (Å²) in [4.78, 5) is 21.7. The molecule has 0 aliphatic carbocycles. The fraction of sp³-hybridized carbons (Fsp3) is 1.00. The van der Waals surface area contributed by atoms with Gasteiger partial charge in [0.2, 0.25) is 5.66 Å². The maximum atomic E-state index is 10.9. The molecule has 0 rings (SSSR count). The normalized spacial score (nSPS) is 12.4. The molecular formula is C18H36N2O2. The number of nitroso groups, excluding NO2 is 2. The van der Waals surface area contributed by atoms with Gasteiger partial charge in [-0.1, -0.05) is 91.4 Å². The highest BCUT2D eigenvalue weighted by Gasteiger charge is 2.44. The van der Waals surface area contributed by atoms with Crippen LogP contribution in [-0.2, 0) is 0 Å². The summed E-state index contributed by atoms with van der Waals surface area (Å²) in [7, 11) is 0. The molecule has 22 heavy (non-hydrogen) atoms. The second-order valence-corrected chi connectivity index (χ2v) is 7.37. The number of nitrogens with zero attached hydrogens (tertiary/aromatic N) is 2. The minimum atomic E-state index is -1.34. The summed E-state index contributed by atoms with van der Waals surface area (Å²) >= 11 is 0. The van der Waals surface area contributed by atoms with E-state index in [1.54, 1.807) is 0 Å². The van der Waals surface area contributed by atoms with Crippen LogP contribution in [0.3, 0.4) is 0 Å². The Kier molecular flexibility index (Phi) is 11.3. The van der Waals surface area contributed by atoms with E-state index in [0.717, 1.165) is 19.3 Å². The summed E-state index contributed by atoms with van der Waals surface area (Å²) in [5.41, 5.74) is -1.80. The minimum Gasteiger partial charge on any atom is -0.148 e. The molecule has 0 spiro atoms. The monoisotopic (exact) mass is 312 g/mol. The van der Waals surface area contributed by atoms with Crippen LogP contribution in [0.15, 0.2) is 10.4 Å². The summed E-state index contributed by atoms with van der Waals surface area (Å²) in [6.07, 6.45) is 15.1. The highest BCUT2D eigenvalue weighted by molar-refractivity contribution is 4.94. The van der Waals surface area contributed by atoms with Crippen molar-refractivity contribution in [3.8, 4) is 0 Å². The van der Waals surface area contributed by atoms with Gasteiger partial charge in [-0.2, -0.15) is 0 Å². The van der Waals surface area contributed by atoms with Crippen molar-refractivity contribution in [3.63, 3.8) is 0 Å². The van der Waals surface area contributed by atoms with Crippen LogP contribution in [0, 0.1) is 15.2 Å². The maximum Gasteiger partial charge on any atom is 0.234 e. The first-order chi connectivity index (χ1) is 10.4. The van der Waals surface area contributed by atoms with E-state index >= 15 is 0 Å². The lowest BCUT2D eigenvalue weighted by Crippen LogP contribution is -2.37. The molecule has 0 fully saturated rings. The van der Waals surface area contributed by atoms with Gasteiger partial charge in [0.15, 0.2) is 0 Å².